The number of hydrogen-bond donors (Lipinski definition) is 0. The van der Waals surface area contributed by atoms with Gasteiger partial charge >= 0.3 is 18.2 Å². The zero-order chi connectivity index (χ0) is 23.1. The minimum absolute atomic E-state index is 0.0338. The first-order valence-electron chi connectivity index (χ1n) is 9.02. The molecule has 0 saturated heterocycles. The van der Waals surface area contributed by atoms with Crippen molar-refractivity contribution in [1.82, 2.24) is 4.98 Å². The van der Waals surface area contributed by atoms with Gasteiger partial charge in [0.15, 0.2) is 0 Å². The molecule has 1 aliphatic rings. The Morgan fingerprint density at radius 3 is 2.44 bits per heavy atom. The lowest BCUT2D eigenvalue weighted by atomic mass is 10.1. The van der Waals surface area contributed by atoms with Gasteiger partial charge in [-0.15, -0.1) is 13.2 Å². The predicted octanol–water partition coefficient (Wildman–Crippen LogP) is 5.55. The van der Waals surface area contributed by atoms with Crippen LogP contribution in [0.1, 0.15) is 11.1 Å². The molecule has 0 radical (unpaired) electrons. The number of carbonyl (C=O) groups is 1. The number of nitrogens with zero attached hydrogens (tertiary/aromatic N) is 2. The molecule has 0 bridgehead atoms. The Labute approximate surface area is 176 Å². The maximum atomic E-state index is 14.5. The quantitative estimate of drug-likeness (QED) is 0.375. The highest BCUT2D eigenvalue weighted by Crippen LogP contribution is 2.46. The van der Waals surface area contributed by atoms with E-state index < -0.39 is 35.5 Å². The van der Waals surface area contributed by atoms with E-state index in [1.54, 1.807) is 0 Å². The maximum absolute atomic E-state index is 14.5. The number of halogens is 6. The van der Waals surface area contributed by atoms with E-state index in [-0.39, 0.29) is 23.9 Å². The van der Waals surface area contributed by atoms with Gasteiger partial charge < -0.3 is 14.4 Å². The fraction of sp³-hybridized carbons (Fsp3) is 0.143. The van der Waals surface area contributed by atoms with Crippen LogP contribution in [0.15, 0.2) is 60.7 Å². The number of hydrogen-bond acceptors (Lipinski definition) is 4. The molecule has 5 nitrogen and oxygen atoms in total. The number of carbonyl (C=O) groups excluding carboxylic acids is 1. The lowest BCUT2D eigenvalue weighted by Gasteiger charge is -2.18. The van der Waals surface area contributed by atoms with Gasteiger partial charge in [0.25, 0.3) is 0 Å². The van der Waals surface area contributed by atoms with Gasteiger partial charge in [0.05, 0.1) is 17.8 Å². The Morgan fingerprint density at radius 2 is 1.72 bits per heavy atom. The second-order valence-corrected chi connectivity index (χ2v) is 6.74. The van der Waals surface area contributed by atoms with Crippen molar-refractivity contribution >= 4 is 11.6 Å². The van der Waals surface area contributed by atoms with Crippen LogP contribution in [0, 0.1) is 5.95 Å². The molecular weight excluding hydrogens is 442 g/mol. The summed E-state index contributed by atoms with van der Waals surface area (Å²) in [5, 5.41) is 0. The molecule has 0 saturated carbocycles. The number of benzene rings is 2. The van der Waals surface area contributed by atoms with Crippen LogP contribution in [0.4, 0.5) is 32.0 Å². The molecule has 0 N–H and O–H groups in total. The first-order valence-corrected chi connectivity index (χ1v) is 9.02. The molecule has 4 rings (SSSR count). The topological polar surface area (TPSA) is 51.7 Å². The molecule has 2 heterocycles. The first-order chi connectivity index (χ1) is 15.0. The molecule has 11 heteroatoms. The largest absolute Gasteiger partial charge is 0.573 e. The van der Waals surface area contributed by atoms with Crippen molar-refractivity contribution < 1.29 is 40.6 Å². The Kier molecular flexibility index (Phi) is 5.19. The van der Waals surface area contributed by atoms with Crippen molar-refractivity contribution in [3.8, 4) is 17.4 Å². The van der Waals surface area contributed by atoms with Crippen molar-refractivity contribution in [3.63, 3.8) is 0 Å². The monoisotopic (exact) mass is 454 g/mol. The van der Waals surface area contributed by atoms with Crippen molar-refractivity contribution in [2.24, 2.45) is 0 Å². The predicted molar refractivity (Wildman–Crippen MR) is 98.9 cm³/mol. The van der Waals surface area contributed by atoms with E-state index in [0.717, 1.165) is 23.1 Å². The standard InChI is InChI=1S/C21H12F6N2O3/c22-17-5-2-6-18(28-17)31-13-4-1-3-12(9-13)11-29-16-8-7-14(32-21(25,26)27)10-15(16)20(23,24)19(29)30/h1-10H,11H2. The summed E-state index contributed by atoms with van der Waals surface area (Å²) in [4.78, 5) is 16.6. The summed E-state index contributed by atoms with van der Waals surface area (Å²) < 4.78 is 88.6. The molecule has 1 amide bonds. The van der Waals surface area contributed by atoms with Gasteiger partial charge in [-0.1, -0.05) is 18.2 Å². The maximum Gasteiger partial charge on any atom is 0.573 e. The number of fused-ring (bicyclic) bond motifs is 1. The Hall–Kier alpha value is -3.76. The zero-order valence-corrected chi connectivity index (χ0v) is 15.9. The van der Waals surface area contributed by atoms with Crippen molar-refractivity contribution in [1.29, 1.82) is 0 Å². The number of pyridine rings is 1. The van der Waals surface area contributed by atoms with E-state index in [2.05, 4.69) is 9.72 Å². The van der Waals surface area contributed by atoms with E-state index in [9.17, 15) is 31.1 Å². The normalized spacial score (nSPS) is 14.9. The van der Waals surface area contributed by atoms with Crippen molar-refractivity contribution in [2.45, 2.75) is 18.8 Å². The molecule has 32 heavy (non-hydrogen) atoms. The molecule has 0 spiro atoms. The van der Waals surface area contributed by atoms with Gasteiger partial charge in [0.1, 0.15) is 11.5 Å². The number of aromatic nitrogens is 1. The summed E-state index contributed by atoms with van der Waals surface area (Å²) in [6, 6.07) is 12.3. The fourth-order valence-corrected chi connectivity index (χ4v) is 3.21. The van der Waals surface area contributed by atoms with Gasteiger partial charge in [-0.25, -0.2) is 0 Å². The van der Waals surface area contributed by atoms with E-state index in [1.807, 2.05) is 0 Å². The summed E-state index contributed by atoms with van der Waals surface area (Å²) in [6.45, 7) is -0.311. The molecule has 0 unspecified atom stereocenters. The zero-order valence-electron chi connectivity index (χ0n) is 15.9. The highest BCUT2D eigenvalue weighted by Gasteiger charge is 2.53. The van der Waals surface area contributed by atoms with Crippen LogP contribution in [0.2, 0.25) is 0 Å². The van der Waals surface area contributed by atoms with E-state index in [1.165, 1.54) is 36.4 Å². The van der Waals surface area contributed by atoms with Gasteiger partial charge in [0, 0.05) is 6.07 Å². The summed E-state index contributed by atoms with van der Waals surface area (Å²) in [7, 11) is 0. The third kappa shape index (κ3) is 4.32. The minimum atomic E-state index is -5.07. The summed E-state index contributed by atoms with van der Waals surface area (Å²) >= 11 is 0. The molecule has 0 fully saturated rings. The molecule has 166 valence electrons. The molecule has 1 aromatic heterocycles. The third-order valence-electron chi connectivity index (χ3n) is 4.50. The molecule has 0 aliphatic carbocycles. The Balaban J connectivity index is 1.60. The molecule has 3 aromatic rings. The summed E-state index contributed by atoms with van der Waals surface area (Å²) in [6.07, 6.45) is -5.07. The van der Waals surface area contributed by atoms with E-state index >= 15 is 0 Å². The highest BCUT2D eigenvalue weighted by atomic mass is 19.4. The van der Waals surface area contributed by atoms with Crippen molar-refractivity contribution in [3.05, 3.63) is 77.7 Å². The lowest BCUT2D eigenvalue weighted by Crippen LogP contribution is -2.34. The van der Waals surface area contributed by atoms with Gasteiger partial charge in [-0.05, 0) is 42.0 Å². The molecular formula is C21H12F6N2O3. The van der Waals surface area contributed by atoms with Crippen LogP contribution >= 0.6 is 0 Å². The number of rotatable bonds is 5. The van der Waals surface area contributed by atoms with Crippen LogP contribution < -0.4 is 14.4 Å². The Morgan fingerprint density at radius 1 is 0.969 bits per heavy atom. The van der Waals surface area contributed by atoms with Crippen LogP contribution in [0.3, 0.4) is 0 Å². The van der Waals surface area contributed by atoms with Crippen LogP contribution in [-0.4, -0.2) is 17.3 Å². The molecule has 2 aromatic carbocycles. The van der Waals surface area contributed by atoms with Crippen LogP contribution in [0.25, 0.3) is 0 Å². The molecule has 1 aliphatic heterocycles. The average molecular weight is 454 g/mol. The Bertz CT molecular complexity index is 1180. The third-order valence-corrected chi connectivity index (χ3v) is 4.50. The summed E-state index contributed by atoms with van der Waals surface area (Å²) in [5.74, 6) is -7.05. The number of ether oxygens (including phenoxy) is 2. The van der Waals surface area contributed by atoms with Gasteiger partial charge in [0.2, 0.25) is 11.8 Å². The second-order valence-electron chi connectivity index (χ2n) is 6.74. The fourth-order valence-electron chi connectivity index (χ4n) is 3.21. The van der Waals surface area contributed by atoms with E-state index in [4.69, 9.17) is 4.74 Å². The number of anilines is 1. The second kappa shape index (κ2) is 7.74. The number of alkyl halides is 5. The number of amides is 1. The van der Waals surface area contributed by atoms with Crippen LogP contribution in [-0.2, 0) is 17.3 Å². The van der Waals surface area contributed by atoms with Crippen molar-refractivity contribution in [2.75, 3.05) is 4.90 Å². The smallest absolute Gasteiger partial charge is 0.439 e. The lowest BCUT2D eigenvalue weighted by molar-refractivity contribution is -0.274. The molecule has 0 atom stereocenters. The summed E-state index contributed by atoms with van der Waals surface area (Å²) in [5.41, 5.74) is -0.750. The highest BCUT2D eigenvalue weighted by molar-refractivity contribution is 6.05. The van der Waals surface area contributed by atoms with Gasteiger partial charge in [-0.3, -0.25) is 4.79 Å². The minimum Gasteiger partial charge on any atom is -0.439 e. The SMILES string of the molecule is O=C1N(Cc2cccc(Oc3cccc(F)n3)c2)c2ccc(OC(F)(F)F)cc2C1(F)F. The first kappa shape index (κ1) is 21.5. The average Bonchev–Trinajstić information content (AvgIpc) is 2.88. The van der Waals surface area contributed by atoms with E-state index in [0.29, 0.717) is 11.6 Å². The van der Waals surface area contributed by atoms with Crippen LogP contribution in [0.5, 0.6) is 17.4 Å². The van der Waals surface area contributed by atoms with Gasteiger partial charge in [-0.2, -0.15) is 18.2 Å².